The molecule has 1 aromatic heterocycles. The van der Waals surface area contributed by atoms with Gasteiger partial charge in [0.2, 0.25) is 0 Å². The number of hydrogen-bond acceptors (Lipinski definition) is 6. The summed E-state index contributed by atoms with van der Waals surface area (Å²) in [5, 5.41) is 0. The Morgan fingerprint density at radius 1 is 1.00 bits per heavy atom. The van der Waals surface area contributed by atoms with E-state index in [2.05, 4.69) is 14.8 Å². The number of Topliss-reactive ketones (excluding diaryl/α,β-unsaturated/α-hetero) is 1. The number of pyridine rings is 1. The van der Waals surface area contributed by atoms with Gasteiger partial charge in [-0.25, -0.2) is 0 Å². The van der Waals surface area contributed by atoms with E-state index in [1.54, 1.807) is 36.7 Å². The van der Waals surface area contributed by atoms with E-state index >= 15 is 0 Å². The summed E-state index contributed by atoms with van der Waals surface area (Å²) in [6, 6.07) is 10.8. The fraction of sp³-hybridized carbons (Fsp3) is 0.316. The van der Waals surface area contributed by atoms with E-state index in [1.807, 2.05) is 12.1 Å². The van der Waals surface area contributed by atoms with Crippen molar-refractivity contribution >= 4 is 17.4 Å². The van der Waals surface area contributed by atoms with Gasteiger partial charge in [-0.1, -0.05) is 0 Å². The molecule has 26 heavy (non-hydrogen) atoms. The standard InChI is InChI=1S/C19H22N4O3/c20-19(25)14-26-17-3-1-15(2-4-17)18(24)13-22-9-11-23(12-10-22)16-5-7-21-8-6-16/h1-8H,9-14H2,(H2,20,25). The third-order valence-corrected chi connectivity index (χ3v) is 4.32. The first-order valence-corrected chi connectivity index (χ1v) is 8.53. The Morgan fingerprint density at radius 3 is 2.27 bits per heavy atom. The minimum Gasteiger partial charge on any atom is -0.484 e. The van der Waals surface area contributed by atoms with Gasteiger partial charge in [0, 0.05) is 49.8 Å². The third kappa shape index (κ3) is 4.80. The molecule has 1 aliphatic heterocycles. The molecule has 0 bridgehead atoms. The Morgan fingerprint density at radius 2 is 1.65 bits per heavy atom. The fourth-order valence-electron chi connectivity index (χ4n) is 2.90. The maximum absolute atomic E-state index is 12.5. The predicted molar refractivity (Wildman–Crippen MR) is 98.4 cm³/mol. The number of benzene rings is 1. The van der Waals surface area contributed by atoms with Gasteiger partial charge in [-0.2, -0.15) is 0 Å². The van der Waals surface area contributed by atoms with Gasteiger partial charge >= 0.3 is 0 Å². The van der Waals surface area contributed by atoms with Crippen LogP contribution in [-0.2, 0) is 4.79 Å². The lowest BCUT2D eigenvalue weighted by Gasteiger charge is -2.35. The van der Waals surface area contributed by atoms with Crippen LogP contribution in [0.2, 0.25) is 0 Å². The number of nitrogens with zero attached hydrogens (tertiary/aromatic N) is 3. The number of anilines is 1. The number of carbonyl (C=O) groups is 2. The summed E-state index contributed by atoms with van der Waals surface area (Å²) < 4.78 is 5.20. The van der Waals surface area contributed by atoms with Crippen LogP contribution in [0.4, 0.5) is 5.69 Å². The zero-order valence-corrected chi connectivity index (χ0v) is 14.5. The van der Waals surface area contributed by atoms with E-state index in [0.717, 1.165) is 31.9 Å². The second-order valence-electron chi connectivity index (χ2n) is 6.17. The van der Waals surface area contributed by atoms with Crippen LogP contribution >= 0.6 is 0 Å². The molecule has 0 saturated carbocycles. The first kappa shape index (κ1) is 17.9. The van der Waals surface area contributed by atoms with Gasteiger partial charge in [-0.15, -0.1) is 0 Å². The highest BCUT2D eigenvalue weighted by atomic mass is 16.5. The summed E-state index contributed by atoms with van der Waals surface area (Å²) in [4.78, 5) is 31.7. The number of amides is 1. The summed E-state index contributed by atoms with van der Waals surface area (Å²) in [5.74, 6) is 0.0613. The molecule has 2 heterocycles. The van der Waals surface area contributed by atoms with Gasteiger partial charge in [-0.3, -0.25) is 19.5 Å². The van der Waals surface area contributed by atoms with Crippen LogP contribution in [0, 0.1) is 0 Å². The highest BCUT2D eigenvalue weighted by molar-refractivity contribution is 5.97. The van der Waals surface area contributed by atoms with Crippen LogP contribution in [0.1, 0.15) is 10.4 Å². The first-order valence-electron chi connectivity index (χ1n) is 8.53. The average Bonchev–Trinajstić information content (AvgIpc) is 2.68. The normalized spacial score (nSPS) is 14.8. The van der Waals surface area contributed by atoms with E-state index in [1.165, 1.54) is 0 Å². The van der Waals surface area contributed by atoms with Gasteiger partial charge in [0.25, 0.3) is 5.91 Å². The lowest BCUT2D eigenvalue weighted by molar-refractivity contribution is -0.119. The van der Waals surface area contributed by atoms with Gasteiger partial charge < -0.3 is 15.4 Å². The molecule has 0 spiro atoms. The van der Waals surface area contributed by atoms with Crippen LogP contribution in [0.5, 0.6) is 5.75 Å². The Balaban J connectivity index is 1.49. The van der Waals surface area contributed by atoms with E-state index in [4.69, 9.17) is 10.5 Å². The van der Waals surface area contributed by atoms with E-state index < -0.39 is 5.91 Å². The molecule has 1 saturated heterocycles. The Bertz CT molecular complexity index is 741. The molecule has 0 radical (unpaired) electrons. The third-order valence-electron chi connectivity index (χ3n) is 4.32. The fourth-order valence-corrected chi connectivity index (χ4v) is 2.90. The molecule has 2 N–H and O–H groups in total. The number of rotatable bonds is 7. The summed E-state index contributed by atoms with van der Waals surface area (Å²) in [6.45, 7) is 3.68. The van der Waals surface area contributed by atoms with Crippen LogP contribution in [0.25, 0.3) is 0 Å². The molecule has 0 aliphatic carbocycles. The molecule has 2 aromatic rings. The monoisotopic (exact) mass is 354 g/mol. The number of primary amides is 1. The van der Waals surface area contributed by atoms with Gasteiger partial charge in [0.15, 0.2) is 12.4 Å². The summed E-state index contributed by atoms with van der Waals surface area (Å²) in [6.07, 6.45) is 3.59. The number of carbonyl (C=O) groups excluding carboxylic acids is 2. The SMILES string of the molecule is NC(=O)COc1ccc(C(=O)CN2CCN(c3ccncc3)CC2)cc1. The second kappa shape index (κ2) is 8.44. The zero-order valence-electron chi connectivity index (χ0n) is 14.5. The topological polar surface area (TPSA) is 88.8 Å². The molecule has 7 heteroatoms. The Hall–Kier alpha value is -2.93. The Kier molecular flexibility index (Phi) is 5.80. The van der Waals surface area contributed by atoms with Gasteiger partial charge in [0.05, 0.1) is 6.54 Å². The van der Waals surface area contributed by atoms with E-state index in [9.17, 15) is 9.59 Å². The molecule has 3 rings (SSSR count). The van der Waals surface area contributed by atoms with Gasteiger partial charge in [0.1, 0.15) is 5.75 Å². The molecule has 0 atom stereocenters. The minimum atomic E-state index is -0.531. The number of ketones is 1. The lowest BCUT2D eigenvalue weighted by atomic mass is 10.1. The molecular formula is C19H22N4O3. The number of hydrogen-bond donors (Lipinski definition) is 1. The molecule has 7 nitrogen and oxygen atoms in total. The molecule has 1 fully saturated rings. The van der Waals surface area contributed by atoms with Crippen molar-refractivity contribution in [1.29, 1.82) is 0 Å². The number of ether oxygens (including phenoxy) is 1. The summed E-state index contributed by atoms with van der Waals surface area (Å²) >= 11 is 0. The number of nitrogens with two attached hydrogens (primary N) is 1. The maximum Gasteiger partial charge on any atom is 0.255 e. The average molecular weight is 354 g/mol. The molecule has 1 amide bonds. The van der Waals surface area contributed by atoms with Crippen LogP contribution < -0.4 is 15.4 Å². The first-order chi connectivity index (χ1) is 12.6. The van der Waals surface area contributed by atoms with E-state index in [0.29, 0.717) is 17.9 Å². The van der Waals surface area contributed by atoms with Crippen LogP contribution in [0.15, 0.2) is 48.8 Å². The smallest absolute Gasteiger partial charge is 0.255 e. The Labute approximate surface area is 152 Å². The quantitative estimate of drug-likeness (QED) is 0.745. The maximum atomic E-state index is 12.5. The highest BCUT2D eigenvalue weighted by Gasteiger charge is 2.19. The van der Waals surface area contributed by atoms with Crippen molar-refractivity contribution in [3.05, 3.63) is 54.4 Å². The van der Waals surface area contributed by atoms with Crippen molar-refractivity contribution in [1.82, 2.24) is 9.88 Å². The van der Waals surface area contributed by atoms with Crippen molar-refractivity contribution in [2.24, 2.45) is 5.73 Å². The van der Waals surface area contributed by atoms with Crippen LogP contribution in [0.3, 0.4) is 0 Å². The molecule has 136 valence electrons. The van der Waals surface area contributed by atoms with Crippen molar-refractivity contribution < 1.29 is 14.3 Å². The minimum absolute atomic E-state index is 0.0730. The van der Waals surface area contributed by atoms with Crippen molar-refractivity contribution in [2.45, 2.75) is 0 Å². The van der Waals surface area contributed by atoms with Crippen LogP contribution in [-0.4, -0.2) is 60.9 Å². The molecule has 1 aliphatic rings. The van der Waals surface area contributed by atoms with Gasteiger partial charge in [-0.05, 0) is 36.4 Å². The second-order valence-corrected chi connectivity index (χ2v) is 6.17. The molecule has 0 unspecified atom stereocenters. The highest BCUT2D eigenvalue weighted by Crippen LogP contribution is 2.16. The number of piperazine rings is 1. The molecular weight excluding hydrogens is 332 g/mol. The molecule has 1 aromatic carbocycles. The van der Waals surface area contributed by atoms with Crippen molar-refractivity contribution in [2.75, 3.05) is 44.2 Å². The summed E-state index contributed by atoms with van der Waals surface area (Å²) in [5.41, 5.74) is 6.84. The predicted octanol–water partition coefficient (Wildman–Crippen LogP) is 0.951. The largest absolute Gasteiger partial charge is 0.484 e. The van der Waals surface area contributed by atoms with Crippen molar-refractivity contribution in [3.8, 4) is 5.75 Å². The summed E-state index contributed by atoms with van der Waals surface area (Å²) in [7, 11) is 0. The van der Waals surface area contributed by atoms with Crippen molar-refractivity contribution in [3.63, 3.8) is 0 Å². The number of aromatic nitrogens is 1. The zero-order chi connectivity index (χ0) is 18.4. The van der Waals surface area contributed by atoms with E-state index in [-0.39, 0.29) is 12.4 Å². The lowest BCUT2D eigenvalue weighted by Crippen LogP contribution is -2.48.